The molecule has 3 atom stereocenters. The summed E-state index contributed by atoms with van der Waals surface area (Å²) in [5, 5.41) is 26.2. The van der Waals surface area contributed by atoms with Gasteiger partial charge in [0.05, 0.1) is 10.7 Å². The van der Waals surface area contributed by atoms with Gasteiger partial charge in [0.1, 0.15) is 0 Å². The first-order valence-electron chi connectivity index (χ1n) is 14.6. The number of piperazine rings is 1. The van der Waals surface area contributed by atoms with Crippen LogP contribution < -0.4 is 10.2 Å². The van der Waals surface area contributed by atoms with Crippen molar-refractivity contribution in [1.29, 1.82) is 0 Å². The Bertz CT molecular complexity index is 1110. The van der Waals surface area contributed by atoms with E-state index < -0.39 is 24.0 Å². The Balaban J connectivity index is 0.00000287. The van der Waals surface area contributed by atoms with E-state index in [0.29, 0.717) is 50.1 Å². The molecule has 1 fully saturated rings. The van der Waals surface area contributed by atoms with E-state index in [1.807, 2.05) is 44.2 Å². The first-order valence-corrected chi connectivity index (χ1v) is 15.8. The molecular weight excluding hydrogens is 558 g/mol. The van der Waals surface area contributed by atoms with Crippen molar-refractivity contribution < 1.29 is 19.8 Å². The number of carbonyl (C=O) groups excluding carboxylic acids is 2. The summed E-state index contributed by atoms with van der Waals surface area (Å²) in [4.78, 5) is 29.8. The minimum atomic E-state index is -1.82. The van der Waals surface area contributed by atoms with Gasteiger partial charge in [0, 0.05) is 37.6 Å². The number of carbonyl (C=O) groups is 2. The summed E-state index contributed by atoms with van der Waals surface area (Å²) in [6, 6.07) is 9.66. The molecule has 9 heteroatoms. The summed E-state index contributed by atoms with van der Waals surface area (Å²) < 4.78 is 0. The van der Waals surface area contributed by atoms with Crippen molar-refractivity contribution in [2.75, 3.05) is 37.6 Å². The second-order valence-corrected chi connectivity index (χ2v) is 11.3. The summed E-state index contributed by atoms with van der Waals surface area (Å²) in [5.74, 6) is -0.886. The maximum Gasteiger partial charge on any atom is 0.254 e. The smallest absolute Gasteiger partial charge is 0.254 e. The molecular formula is C32H46ClN3O4S. The van der Waals surface area contributed by atoms with Gasteiger partial charge in [-0.15, -0.1) is 17.9 Å². The van der Waals surface area contributed by atoms with E-state index in [-0.39, 0.29) is 0 Å². The molecule has 3 N–H and O–H groups in total. The molecule has 0 bridgehead atoms. The van der Waals surface area contributed by atoms with Crippen LogP contribution in [0.25, 0.3) is 0 Å². The van der Waals surface area contributed by atoms with Gasteiger partial charge < -0.3 is 25.3 Å². The molecule has 1 aromatic heterocycles. The molecule has 0 aliphatic carbocycles. The fourth-order valence-electron chi connectivity index (χ4n) is 4.48. The number of rotatable bonds is 14. The Kier molecular flexibility index (Phi) is 15.8. The number of benzene rings is 1. The first-order chi connectivity index (χ1) is 19.8. The number of hydrogen-bond acceptors (Lipinski definition) is 6. The van der Waals surface area contributed by atoms with Crippen molar-refractivity contribution in [3.8, 4) is 0 Å². The van der Waals surface area contributed by atoms with Crippen molar-refractivity contribution in [3.63, 3.8) is 0 Å². The second-order valence-electron chi connectivity index (χ2n) is 9.93. The lowest BCUT2D eigenvalue weighted by Crippen LogP contribution is -2.55. The standard InChI is InChI=1S/C30H40ClN3O4S.C2H6/c1-3-4-5-6-9-22(2)12-13-23-20-24(39-21-23)14-15-32-29(37)27(35)28(36)30(38)34-18-16-33(17-19-34)26-11-8-7-10-25(26)31;1-2/h3,6-11,20-22,27-28,35-36H,1,4-5,12-19H2,2H3,(H,32,37);1-2H3/b9-6-;/t22?,27?,28-;/m1./s1. The number of amides is 2. The van der Waals surface area contributed by atoms with E-state index in [9.17, 15) is 19.8 Å². The normalized spacial score (nSPS) is 15.6. The number of aliphatic hydroxyl groups is 2. The van der Waals surface area contributed by atoms with E-state index in [1.54, 1.807) is 11.3 Å². The lowest BCUT2D eigenvalue weighted by Gasteiger charge is -2.37. The van der Waals surface area contributed by atoms with Gasteiger partial charge >= 0.3 is 0 Å². The summed E-state index contributed by atoms with van der Waals surface area (Å²) in [6.45, 7) is 12.1. The molecule has 2 heterocycles. The molecule has 0 radical (unpaired) electrons. The predicted octanol–water partition coefficient (Wildman–Crippen LogP) is 5.25. The highest BCUT2D eigenvalue weighted by molar-refractivity contribution is 7.10. The number of unbranched alkanes of at least 4 members (excludes halogenated alkanes) is 1. The van der Waals surface area contributed by atoms with Gasteiger partial charge in [-0.25, -0.2) is 0 Å². The molecule has 0 saturated carbocycles. The third-order valence-corrected chi connectivity index (χ3v) is 8.24. The van der Waals surface area contributed by atoms with Crippen LogP contribution >= 0.6 is 22.9 Å². The number of thiophene rings is 1. The van der Waals surface area contributed by atoms with E-state index >= 15 is 0 Å². The number of allylic oxidation sites excluding steroid dienone is 3. The lowest BCUT2D eigenvalue weighted by molar-refractivity contribution is -0.153. The van der Waals surface area contributed by atoms with Crippen molar-refractivity contribution in [1.82, 2.24) is 10.2 Å². The van der Waals surface area contributed by atoms with Gasteiger partial charge in [-0.1, -0.05) is 62.7 Å². The van der Waals surface area contributed by atoms with Crippen LogP contribution in [0, 0.1) is 5.92 Å². The van der Waals surface area contributed by atoms with Crippen LogP contribution in [-0.2, 0) is 22.4 Å². The Hall–Kier alpha value is -2.65. The molecule has 226 valence electrons. The Labute approximate surface area is 254 Å². The summed E-state index contributed by atoms with van der Waals surface area (Å²) in [7, 11) is 0. The quantitative estimate of drug-likeness (QED) is 0.203. The topological polar surface area (TPSA) is 93.1 Å². The molecule has 0 spiro atoms. The number of hydrogen-bond donors (Lipinski definition) is 3. The molecule has 3 rings (SSSR count). The van der Waals surface area contributed by atoms with Crippen LogP contribution in [0.1, 0.15) is 50.5 Å². The zero-order valence-electron chi connectivity index (χ0n) is 24.6. The SMILES string of the molecule is C=CCC/C=C\C(C)CCc1csc(CCNC(=O)C(O)[C@@H](O)C(=O)N2CCN(c3ccccc3Cl)CC2)c1.CC. The van der Waals surface area contributed by atoms with Gasteiger partial charge in [0.25, 0.3) is 11.8 Å². The third kappa shape index (κ3) is 11.3. The average Bonchev–Trinajstić information content (AvgIpc) is 3.46. The minimum absolute atomic E-state index is 0.315. The Morgan fingerprint density at radius 2 is 1.80 bits per heavy atom. The molecule has 1 aromatic carbocycles. The molecule has 1 aliphatic rings. The number of aliphatic hydroxyl groups excluding tert-OH is 2. The Morgan fingerprint density at radius 3 is 2.49 bits per heavy atom. The minimum Gasteiger partial charge on any atom is -0.380 e. The van der Waals surface area contributed by atoms with Crippen molar-refractivity contribution in [2.24, 2.45) is 5.92 Å². The van der Waals surface area contributed by atoms with Crippen molar-refractivity contribution in [2.45, 2.75) is 65.1 Å². The van der Waals surface area contributed by atoms with Crippen LogP contribution in [0.5, 0.6) is 0 Å². The third-order valence-electron chi connectivity index (χ3n) is 6.87. The number of halogens is 1. The fraction of sp³-hybridized carbons (Fsp3) is 0.500. The van der Waals surface area contributed by atoms with Crippen LogP contribution in [0.4, 0.5) is 5.69 Å². The van der Waals surface area contributed by atoms with Crippen LogP contribution in [0.2, 0.25) is 5.02 Å². The van der Waals surface area contributed by atoms with Crippen molar-refractivity contribution in [3.05, 3.63) is 76.0 Å². The maximum absolute atomic E-state index is 12.7. The Morgan fingerprint density at radius 1 is 1.10 bits per heavy atom. The number of nitrogens with one attached hydrogen (secondary N) is 1. The van der Waals surface area contributed by atoms with Gasteiger partial charge in [0.2, 0.25) is 0 Å². The lowest BCUT2D eigenvalue weighted by atomic mass is 10.0. The predicted molar refractivity (Wildman–Crippen MR) is 171 cm³/mol. The maximum atomic E-state index is 12.7. The molecule has 2 amide bonds. The van der Waals surface area contributed by atoms with Crippen molar-refractivity contribution >= 4 is 40.4 Å². The second kappa shape index (κ2) is 18.7. The van der Waals surface area contributed by atoms with Gasteiger partial charge in [-0.2, -0.15) is 0 Å². The number of anilines is 1. The van der Waals surface area contributed by atoms with E-state index in [2.05, 4.69) is 47.3 Å². The number of nitrogens with zero attached hydrogens (tertiary/aromatic N) is 2. The number of aryl methyl sites for hydroxylation is 1. The number of para-hydroxylation sites is 1. The van der Waals surface area contributed by atoms with Crippen LogP contribution in [0.3, 0.4) is 0 Å². The summed E-state index contributed by atoms with van der Waals surface area (Å²) in [6.07, 6.45) is 7.50. The highest BCUT2D eigenvalue weighted by atomic mass is 35.5. The largest absolute Gasteiger partial charge is 0.380 e. The zero-order valence-corrected chi connectivity index (χ0v) is 26.2. The van der Waals surface area contributed by atoms with Crippen LogP contribution in [0.15, 0.2) is 60.5 Å². The average molecular weight is 604 g/mol. The van der Waals surface area contributed by atoms with E-state index in [4.69, 9.17) is 11.6 Å². The fourth-order valence-corrected chi connectivity index (χ4v) is 5.66. The molecule has 41 heavy (non-hydrogen) atoms. The molecule has 1 saturated heterocycles. The molecule has 2 aromatic rings. The van der Waals surface area contributed by atoms with E-state index in [1.165, 1.54) is 10.5 Å². The summed E-state index contributed by atoms with van der Waals surface area (Å²) >= 11 is 7.92. The summed E-state index contributed by atoms with van der Waals surface area (Å²) in [5.41, 5.74) is 2.18. The highest BCUT2D eigenvalue weighted by Gasteiger charge is 2.34. The molecule has 1 aliphatic heterocycles. The van der Waals surface area contributed by atoms with Gasteiger partial charge in [0.15, 0.2) is 12.2 Å². The van der Waals surface area contributed by atoms with Gasteiger partial charge in [-0.05, 0) is 67.2 Å². The monoisotopic (exact) mass is 603 g/mol. The molecule has 2 unspecified atom stereocenters. The molecule has 7 nitrogen and oxygen atoms in total. The van der Waals surface area contributed by atoms with Gasteiger partial charge in [-0.3, -0.25) is 9.59 Å². The zero-order chi connectivity index (χ0) is 30.2. The van der Waals surface area contributed by atoms with E-state index in [0.717, 1.165) is 36.2 Å². The highest BCUT2D eigenvalue weighted by Crippen LogP contribution is 2.26. The first kappa shape index (κ1) is 34.6. The van der Waals surface area contributed by atoms with Crippen LogP contribution in [-0.4, -0.2) is 71.9 Å².